The fourth-order valence-electron chi connectivity index (χ4n) is 1.02. The van der Waals surface area contributed by atoms with E-state index in [1.54, 1.807) is 18.2 Å². The van der Waals surface area contributed by atoms with E-state index < -0.39 is 0 Å². The molecule has 1 unspecified atom stereocenters. The van der Waals surface area contributed by atoms with E-state index in [4.69, 9.17) is 22.1 Å². The zero-order valence-electron chi connectivity index (χ0n) is 7.95. The summed E-state index contributed by atoms with van der Waals surface area (Å²) in [6.45, 7) is 4.11. The highest BCUT2D eigenvalue weighted by Crippen LogP contribution is 2.15. The van der Waals surface area contributed by atoms with Crippen molar-refractivity contribution in [3.05, 3.63) is 41.9 Å². The first-order chi connectivity index (χ1) is 6.72. The summed E-state index contributed by atoms with van der Waals surface area (Å²) >= 11 is 5.73. The van der Waals surface area contributed by atoms with Gasteiger partial charge >= 0.3 is 0 Å². The van der Waals surface area contributed by atoms with Crippen molar-refractivity contribution in [2.45, 2.75) is 12.5 Å². The smallest absolute Gasteiger partial charge is 0.119 e. The van der Waals surface area contributed by atoms with E-state index in [0.29, 0.717) is 11.6 Å². The second kappa shape index (κ2) is 5.68. The lowest BCUT2D eigenvalue weighted by Crippen LogP contribution is -2.26. The molecule has 76 valence electrons. The van der Waals surface area contributed by atoms with Gasteiger partial charge in [-0.05, 0) is 30.7 Å². The number of rotatable bonds is 5. The van der Waals surface area contributed by atoms with Crippen LogP contribution in [0.1, 0.15) is 6.42 Å². The Balaban J connectivity index is 2.37. The quantitative estimate of drug-likeness (QED) is 0.760. The van der Waals surface area contributed by atoms with Crippen LogP contribution in [-0.2, 0) is 0 Å². The molecule has 1 rings (SSSR count). The minimum absolute atomic E-state index is 0.00294. The van der Waals surface area contributed by atoms with Crippen LogP contribution in [0.4, 0.5) is 0 Å². The largest absolute Gasteiger partial charge is 0.492 e. The predicted molar refractivity (Wildman–Crippen MR) is 59.7 cm³/mol. The Labute approximate surface area is 89.3 Å². The summed E-state index contributed by atoms with van der Waals surface area (Å²) in [7, 11) is 0. The first kappa shape index (κ1) is 11.1. The summed E-state index contributed by atoms with van der Waals surface area (Å²) in [4.78, 5) is 0. The van der Waals surface area contributed by atoms with Gasteiger partial charge < -0.3 is 10.5 Å². The summed E-state index contributed by atoms with van der Waals surface area (Å²) in [5, 5.41) is 0.702. The molecule has 1 aromatic carbocycles. The Morgan fingerprint density at radius 2 is 2.07 bits per heavy atom. The molecule has 0 spiro atoms. The molecule has 0 saturated heterocycles. The van der Waals surface area contributed by atoms with Crippen molar-refractivity contribution in [2.75, 3.05) is 6.61 Å². The molecule has 0 bridgehead atoms. The van der Waals surface area contributed by atoms with E-state index in [1.165, 1.54) is 0 Å². The van der Waals surface area contributed by atoms with Gasteiger partial charge in [-0.1, -0.05) is 17.7 Å². The van der Waals surface area contributed by atoms with E-state index in [-0.39, 0.29) is 6.04 Å². The van der Waals surface area contributed by atoms with Gasteiger partial charge in [0.15, 0.2) is 0 Å². The van der Waals surface area contributed by atoms with E-state index in [2.05, 4.69) is 6.58 Å². The third-order valence-corrected chi connectivity index (χ3v) is 2.00. The Kier molecular flexibility index (Phi) is 4.50. The molecular weight excluding hydrogens is 198 g/mol. The maximum absolute atomic E-state index is 5.74. The standard InChI is InChI=1S/C11H14ClNO/c1-2-3-10(13)8-14-11-6-4-9(12)5-7-11/h2,4-7,10H,1,3,8,13H2. The van der Waals surface area contributed by atoms with Crippen LogP contribution in [0.15, 0.2) is 36.9 Å². The number of nitrogens with two attached hydrogens (primary N) is 1. The Hall–Kier alpha value is -0.990. The third-order valence-electron chi connectivity index (χ3n) is 1.75. The van der Waals surface area contributed by atoms with E-state index >= 15 is 0 Å². The molecule has 0 heterocycles. The summed E-state index contributed by atoms with van der Waals surface area (Å²) < 4.78 is 5.44. The van der Waals surface area contributed by atoms with Gasteiger partial charge in [0, 0.05) is 11.1 Å². The van der Waals surface area contributed by atoms with Crippen molar-refractivity contribution in [2.24, 2.45) is 5.73 Å². The highest BCUT2D eigenvalue weighted by molar-refractivity contribution is 6.30. The molecule has 1 aromatic rings. The van der Waals surface area contributed by atoms with E-state index in [1.807, 2.05) is 12.1 Å². The Morgan fingerprint density at radius 1 is 1.43 bits per heavy atom. The molecule has 3 heteroatoms. The normalized spacial score (nSPS) is 12.1. The second-order valence-electron chi connectivity index (χ2n) is 3.05. The van der Waals surface area contributed by atoms with Gasteiger partial charge in [0.25, 0.3) is 0 Å². The topological polar surface area (TPSA) is 35.2 Å². The molecule has 2 nitrogen and oxygen atoms in total. The number of hydrogen-bond donors (Lipinski definition) is 1. The maximum atomic E-state index is 5.74. The predicted octanol–water partition coefficient (Wildman–Crippen LogP) is 2.62. The van der Waals surface area contributed by atoms with Crippen LogP contribution in [-0.4, -0.2) is 12.6 Å². The molecule has 0 aliphatic rings. The second-order valence-corrected chi connectivity index (χ2v) is 3.49. The lowest BCUT2D eigenvalue weighted by Gasteiger charge is -2.10. The Bertz CT molecular complexity index is 284. The van der Waals surface area contributed by atoms with Crippen molar-refractivity contribution in [3.63, 3.8) is 0 Å². The van der Waals surface area contributed by atoms with Crippen LogP contribution >= 0.6 is 11.6 Å². The van der Waals surface area contributed by atoms with Crippen molar-refractivity contribution in [1.82, 2.24) is 0 Å². The maximum Gasteiger partial charge on any atom is 0.119 e. The molecular formula is C11H14ClNO. The Morgan fingerprint density at radius 3 is 2.64 bits per heavy atom. The van der Waals surface area contributed by atoms with Gasteiger partial charge in [-0.3, -0.25) is 0 Å². The monoisotopic (exact) mass is 211 g/mol. The van der Waals surface area contributed by atoms with Crippen LogP contribution in [0.2, 0.25) is 5.02 Å². The van der Waals surface area contributed by atoms with Crippen LogP contribution in [0.3, 0.4) is 0 Å². The van der Waals surface area contributed by atoms with Crippen molar-refractivity contribution < 1.29 is 4.74 Å². The van der Waals surface area contributed by atoms with E-state index in [9.17, 15) is 0 Å². The summed E-state index contributed by atoms with van der Waals surface area (Å²) in [5.41, 5.74) is 5.74. The summed E-state index contributed by atoms with van der Waals surface area (Å²) in [6.07, 6.45) is 2.55. The first-order valence-electron chi connectivity index (χ1n) is 4.47. The van der Waals surface area contributed by atoms with Crippen LogP contribution in [0.25, 0.3) is 0 Å². The van der Waals surface area contributed by atoms with Crippen LogP contribution in [0, 0.1) is 0 Å². The van der Waals surface area contributed by atoms with Crippen molar-refractivity contribution in [1.29, 1.82) is 0 Å². The van der Waals surface area contributed by atoms with Gasteiger partial charge in [-0.2, -0.15) is 0 Å². The van der Waals surface area contributed by atoms with Crippen molar-refractivity contribution >= 4 is 11.6 Å². The zero-order valence-corrected chi connectivity index (χ0v) is 8.70. The zero-order chi connectivity index (χ0) is 10.4. The lowest BCUT2D eigenvalue weighted by atomic mass is 10.2. The molecule has 0 fully saturated rings. The van der Waals surface area contributed by atoms with Gasteiger partial charge in [-0.15, -0.1) is 6.58 Å². The van der Waals surface area contributed by atoms with E-state index in [0.717, 1.165) is 12.2 Å². The summed E-state index contributed by atoms with van der Waals surface area (Å²) in [6, 6.07) is 7.22. The highest BCUT2D eigenvalue weighted by Gasteiger charge is 2.00. The van der Waals surface area contributed by atoms with Crippen LogP contribution < -0.4 is 10.5 Å². The molecule has 0 radical (unpaired) electrons. The molecule has 0 amide bonds. The molecule has 2 N–H and O–H groups in total. The number of ether oxygens (including phenoxy) is 1. The highest BCUT2D eigenvalue weighted by atomic mass is 35.5. The minimum Gasteiger partial charge on any atom is -0.492 e. The number of hydrogen-bond acceptors (Lipinski definition) is 2. The van der Waals surface area contributed by atoms with Crippen molar-refractivity contribution in [3.8, 4) is 5.75 Å². The van der Waals surface area contributed by atoms with Gasteiger partial charge in [0.2, 0.25) is 0 Å². The lowest BCUT2D eigenvalue weighted by molar-refractivity contribution is 0.289. The summed E-state index contributed by atoms with van der Waals surface area (Å²) in [5.74, 6) is 0.786. The van der Waals surface area contributed by atoms with Gasteiger partial charge in [-0.25, -0.2) is 0 Å². The molecule has 0 saturated carbocycles. The average molecular weight is 212 g/mol. The van der Waals surface area contributed by atoms with Gasteiger partial charge in [0.05, 0.1) is 0 Å². The molecule has 0 aliphatic carbocycles. The third kappa shape index (κ3) is 3.81. The molecule has 0 aromatic heterocycles. The average Bonchev–Trinajstić information content (AvgIpc) is 2.17. The SMILES string of the molecule is C=CCC(N)COc1ccc(Cl)cc1. The number of benzene rings is 1. The molecule has 1 atom stereocenters. The fraction of sp³-hybridized carbons (Fsp3) is 0.273. The number of halogens is 1. The molecule has 14 heavy (non-hydrogen) atoms. The van der Waals surface area contributed by atoms with Gasteiger partial charge in [0.1, 0.15) is 12.4 Å². The minimum atomic E-state index is 0.00294. The first-order valence-corrected chi connectivity index (χ1v) is 4.85. The molecule has 0 aliphatic heterocycles. The fourth-order valence-corrected chi connectivity index (χ4v) is 1.14. The van der Waals surface area contributed by atoms with Crippen LogP contribution in [0.5, 0.6) is 5.75 Å².